The fourth-order valence-corrected chi connectivity index (χ4v) is 2.63. The molecule has 11 heteroatoms. The van der Waals surface area contributed by atoms with E-state index in [1.165, 1.54) is 18.3 Å². The molecule has 0 bridgehead atoms. The first-order valence-corrected chi connectivity index (χ1v) is 8.08. The quantitative estimate of drug-likeness (QED) is 0.525. The van der Waals surface area contributed by atoms with Gasteiger partial charge in [-0.3, -0.25) is 0 Å². The van der Waals surface area contributed by atoms with Crippen molar-refractivity contribution >= 4 is 35.3 Å². The van der Waals surface area contributed by atoms with E-state index in [0.717, 1.165) is 17.8 Å². The molecule has 0 spiro atoms. The zero-order chi connectivity index (χ0) is 19.7. The molecule has 1 aromatic carbocycles. The number of alkyl halides is 3. The van der Waals surface area contributed by atoms with Gasteiger partial charge in [-0.05, 0) is 29.8 Å². The summed E-state index contributed by atoms with van der Waals surface area (Å²) < 4.78 is 38.3. The first-order valence-electron chi connectivity index (χ1n) is 8.08. The Morgan fingerprint density at radius 1 is 1.14 bits per heavy atom. The molecule has 1 aliphatic rings. The van der Waals surface area contributed by atoms with E-state index >= 15 is 0 Å². The number of nitrogens with zero attached hydrogens (tertiary/aromatic N) is 6. The van der Waals surface area contributed by atoms with Crippen LogP contribution in [0.2, 0.25) is 0 Å². The smallest absolute Gasteiger partial charge is 0.323 e. The van der Waals surface area contributed by atoms with Gasteiger partial charge in [0, 0.05) is 13.2 Å². The number of halogens is 3. The van der Waals surface area contributed by atoms with Gasteiger partial charge in [-0.15, -0.1) is 10.2 Å². The maximum atomic E-state index is 12.8. The number of hydrogen-bond donors (Lipinski definition) is 2. The van der Waals surface area contributed by atoms with Gasteiger partial charge in [0.1, 0.15) is 0 Å². The number of rotatable bonds is 3. The van der Waals surface area contributed by atoms with E-state index in [1.807, 2.05) is 13.1 Å². The molecule has 28 heavy (non-hydrogen) atoms. The van der Waals surface area contributed by atoms with Crippen molar-refractivity contribution in [3.63, 3.8) is 0 Å². The highest BCUT2D eigenvalue weighted by Gasteiger charge is 2.30. The Hall–Kier alpha value is -3.76. The van der Waals surface area contributed by atoms with Crippen LogP contribution in [0.15, 0.2) is 47.7 Å². The summed E-state index contributed by atoms with van der Waals surface area (Å²) in [4.78, 5) is 10.4. The second-order valence-corrected chi connectivity index (χ2v) is 5.86. The van der Waals surface area contributed by atoms with Gasteiger partial charge in [0.25, 0.3) is 5.95 Å². The predicted molar refractivity (Wildman–Crippen MR) is 98.1 cm³/mol. The van der Waals surface area contributed by atoms with Crippen molar-refractivity contribution in [2.75, 3.05) is 22.7 Å². The number of nitrogens with one attached hydrogen (secondary N) is 2. The minimum Gasteiger partial charge on any atom is -0.323 e. The van der Waals surface area contributed by atoms with E-state index < -0.39 is 11.7 Å². The monoisotopic (exact) mass is 386 g/mol. The molecule has 3 aromatic rings. The maximum Gasteiger partial charge on any atom is 0.416 e. The molecule has 3 heterocycles. The lowest BCUT2D eigenvalue weighted by atomic mass is 10.1. The topological polar surface area (TPSA) is 91.2 Å². The standard InChI is InChI=1S/C17H13F3N8/c1-28-12-6-3-7-21-13(12)23-14-15(28)24-16(27-25-14)26-22-9-10-4-2-5-11(8-10)17(18,19)20/h2-9H,1H3,(H,21,23,25)(H,24,26,27). The molecule has 2 N–H and O–H groups in total. The molecule has 0 saturated heterocycles. The van der Waals surface area contributed by atoms with Gasteiger partial charge in [-0.2, -0.15) is 23.3 Å². The van der Waals surface area contributed by atoms with Crippen molar-refractivity contribution in [1.82, 2.24) is 20.2 Å². The molecule has 1 aliphatic heterocycles. The average molecular weight is 386 g/mol. The van der Waals surface area contributed by atoms with Crippen LogP contribution in [0.25, 0.3) is 0 Å². The minimum absolute atomic E-state index is 0.1000. The highest BCUT2D eigenvalue weighted by molar-refractivity contribution is 5.85. The summed E-state index contributed by atoms with van der Waals surface area (Å²) in [6, 6.07) is 8.49. The molecule has 8 nitrogen and oxygen atoms in total. The van der Waals surface area contributed by atoms with Crippen molar-refractivity contribution in [2.45, 2.75) is 6.18 Å². The highest BCUT2D eigenvalue weighted by atomic mass is 19.4. The Morgan fingerprint density at radius 3 is 2.82 bits per heavy atom. The number of pyridine rings is 1. The molecule has 0 saturated carbocycles. The van der Waals surface area contributed by atoms with Crippen LogP contribution in [-0.2, 0) is 6.18 Å². The Bertz CT molecular complexity index is 1050. The van der Waals surface area contributed by atoms with Gasteiger partial charge < -0.3 is 10.2 Å². The van der Waals surface area contributed by atoms with Crippen molar-refractivity contribution in [3.05, 3.63) is 53.7 Å². The molecule has 0 aliphatic carbocycles. The van der Waals surface area contributed by atoms with Crippen LogP contribution >= 0.6 is 0 Å². The van der Waals surface area contributed by atoms with Gasteiger partial charge in [-0.25, -0.2) is 10.4 Å². The summed E-state index contributed by atoms with van der Waals surface area (Å²) in [5.74, 6) is 1.67. The van der Waals surface area contributed by atoms with Crippen molar-refractivity contribution in [3.8, 4) is 0 Å². The number of benzene rings is 1. The van der Waals surface area contributed by atoms with Crippen molar-refractivity contribution in [1.29, 1.82) is 0 Å². The van der Waals surface area contributed by atoms with Crippen LogP contribution in [0.1, 0.15) is 11.1 Å². The molecule has 0 radical (unpaired) electrons. The van der Waals surface area contributed by atoms with Crippen LogP contribution in [-0.4, -0.2) is 33.4 Å². The third kappa shape index (κ3) is 3.41. The maximum absolute atomic E-state index is 12.8. The van der Waals surface area contributed by atoms with Gasteiger partial charge in [-0.1, -0.05) is 12.1 Å². The van der Waals surface area contributed by atoms with Crippen LogP contribution in [0.3, 0.4) is 0 Å². The summed E-state index contributed by atoms with van der Waals surface area (Å²) in [5.41, 5.74) is 2.93. The Labute approximate surface area is 157 Å². The summed E-state index contributed by atoms with van der Waals surface area (Å²) in [6.07, 6.45) is -1.51. The van der Waals surface area contributed by atoms with E-state index in [2.05, 4.69) is 36.0 Å². The van der Waals surface area contributed by atoms with Gasteiger partial charge in [0.15, 0.2) is 17.5 Å². The Kier molecular flexibility index (Phi) is 4.26. The summed E-state index contributed by atoms with van der Waals surface area (Å²) in [7, 11) is 1.81. The van der Waals surface area contributed by atoms with Crippen LogP contribution < -0.4 is 15.6 Å². The molecule has 4 rings (SSSR count). The molecule has 142 valence electrons. The molecule has 0 fully saturated rings. The second kappa shape index (κ2) is 6.76. The molecule has 0 amide bonds. The Morgan fingerprint density at radius 2 is 2.00 bits per heavy atom. The number of hydrazone groups is 1. The van der Waals surface area contributed by atoms with E-state index in [1.54, 1.807) is 17.2 Å². The largest absolute Gasteiger partial charge is 0.416 e. The number of anilines is 5. The zero-order valence-electron chi connectivity index (χ0n) is 14.4. The lowest BCUT2D eigenvalue weighted by Crippen LogP contribution is -2.21. The summed E-state index contributed by atoms with van der Waals surface area (Å²) in [5, 5.41) is 14.9. The fraction of sp³-hybridized carbons (Fsp3) is 0.118. The van der Waals surface area contributed by atoms with E-state index in [9.17, 15) is 13.2 Å². The zero-order valence-corrected chi connectivity index (χ0v) is 14.4. The molecule has 2 aromatic heterocycles. The molecular weight excluding hydrogens is 373 g/mol. The lowest BCUT2D eigenvalue weighted by Gasteiger charge is -2.27. The van der Waals surface area contributed by atoms with Gasteiger partial charge in [0.2, 0.25) is 0 Å². The average Bonchev–Trinajstić information content (AvgIpc) is 2.68. The Balaban J connectivity index is 1.52. The third-order valence-corrected chi connectivity index (χ3v) is 3.96. The SMILES string of the molecule is CN1c2cccnc2Nc2nnc(NN=Cc3cccc(C(F)(F)F)c3)nc21. The molecule has 0 unspecified atom stereocenters. The highest BCUT2D eigenvalue weighted by Crippen LogP contribution is 2.38. The van der Waals surface area contributed by atoms with E-state index in [0.29, 0.717) is 17.5 Å². The van der Waals surface area contributed by atoms with Crippen LogP contribution in [0, 0.1) is 0 Å². The number of aromatic nitrogens is 4. The van der Waals surface area contributed by atoms with Crippen molar-refractivity contribution < 1.29 is 13.2 Å². The first-order chi connectivity index (χ1) is 13.4. The van der Waals surface area contributed by atoms with Gasteiger partial charge >= 0.3 is 6.18 Å². The molecular formula is C17H13F3N8. The predicted octanol–water partition coefficient (Wildman–Crippen LogP) is 3.56. The minimum atomic E-state index is -4.41. The normalized spacial score (nSPS) is 13.1. The van der Waals surface area contributed by atoms with Crippen molar-refractivity contribution in [2.24, 2.45) is 5.10 Å². The number of fused-ring (bicyclic) bond motifs is 2. The van der Waals surface area contributed by atoms with Crippen LogP contribution in [0.4, 0.5) is 42.3 Å². The number of hydrogen-bond acceptors (Lipinski definition) is 8. The van der Waals surface area contributed by atoms with Gasteiger partial charge in [0.05, 0.1) is 17.5 Å². The summed E-state index contributed by atoms with van der Waals surface area (Å²) in [6.45, 7) is 0. The third-order valence-electron chi connectivity index (χ3n) is 3.96. The fourth-order valence-electron chi connectivity index (χ4n) is 2.63. The molecule has 0 atom stereocenters. The summed E-state index contributed by atoms with van der Waals surface area (Å²) >= 11 is 0. The lowest BCUT2D eigenvalue weighted by molar-refractivity contribution is -0.137. The van der Waals surface area contributed by atoms with Crippen LogP contribution in [0.5, 0.6) is 0 Å². The van der Waals surface area contributed by atoms with E-state index in [4.69, 9.17) is 0 Å². The first kappa shape index (κ1) is 17.6. The second-order valence-electron chi connectivity index (χ2n) is 5.86. The van der Waals surface area contributed by atoms with E-state index in [-0.39, 0.29) is 11.5 Å².